The zero-order valence-corrected chi connectivity index (χ0v) is 20.6. The SMILES string of the molecule is Cc1ccc(-c2cc3c(n2-c2ccc(C(=O)N4CCC5(CC4)OCCO5)cc2)CCCCC3)cc1. The molecule has 3 heterocycles. The molecule has 2 aliphatic heterocycles. The second-order valence-corrected chi connectivity index (χ2v) is 10.2. The smallest absolute Gasteiger partial charge is 0.253 e. The predicted octanol–water partition coefficient (Wildman–Crippen LogP) is 5.70. The van der Waals surface area contributed by atoms with Gasteiger partial charge in [-0.2, -0.15) is 0 Å². The average molecular weight is 471 g/mol. The third-order valence-corrected chi connectivity index (χ3v) is 7.90. The van der Waals surface area contributed by atoms with E-state index in [0.717, 1.165) is 36.9 Å². The molecule has 0 atom stereocenters. The summed E-state index contributed by atoms with van der Waals surface area (Å²) < 4.78 is 14.1. The van der Waals surface area contributed by atoms with E-state index >= 15 is 0 Å². The maximum Gasteiger partial charge on any atom is 0.253 e. The number of rotatable bonds is 3. The molecule has 0 bridgehead atoms. The third kappa shape index (κ3) is 4.32. The van der Waals surface area contributed by atoms with Gasteiger partial charge in [0.05, 0.1) is 18.9 Å². The van der Waals surface area contributed by atoms with Crippen molar-refractivity contribution in [2.24, 2.45) is 0 Å². The number of hydrogen-bond acceptors (Lipinski definition) is 3. The van der Waals surface area contributed by atoms with Crippen molar-refractivity contribution in [2.75, 3.05) is 26.3 Å². The topological polar surface area (TPSA) is 43.7 Å². The number of hydrogen-bond donors (Lipinski definition) is 0. The predicted molar refractivity (Wildman–Crippen MR) is 137 cm³/mol. The van der Waals surface area contributed by atoms with Crippen LogP contribution in [0, 0.1) is 6.92 Å². The van der Waals surface area contributed by atoms with Crippen LogP contribution in [0.4, 0.5) is 0 Å². The van der Waals surface area contributed by atoms with E-state index in [9.17, 15) is 4.79 Å². The van der Waals surface area contributed by atoms with Gasteiger partial charge in [0, 0.05) is 42.9 Å². The lowest BCUT2D eigenvalue weighted by Gasteiger charge is -2.37. The summed E-state index contributed by atoms with van der Waals surface area (Å²) in [6.45, 7) is 4.78. The van der Waals surface area contributed by atoms with Crippen LogP contribution in [0.15, 0.2) is 54.6 Å². The van der Waals surface area contributed by atoms with Crippen LogP contribution in [0.2, 0.25) is 0 Å². The molecule has 2 saturated heterocycles. The van der Waals surface area contributed by atoms with Crippen LogP contribution in [-0.2, 0) is 22.3 Å². The van der Waals surface area contributed by atoms with Crippen LogP contribution in [0.25, 0.3) is 16.9 Å². The fraction of sp³-hybridized carbons (Fsp3) is 0.433. The number of benzene rings is 2. The summed E-state index contributed by atoms with van der Waals surface area (Å²) in [5.74, 6) is -0.367. The number of fused-ring (bicyclic) bond motifs is 1. The summed E-state index contributed by atoms with van der Waals surface area (Å²) in [5.41, 5.74) is 8.52. The summed E-state index contributed by atoms with van der Waals surface area (Å²) >= 11 is 0. The standard InChI is InChI=1S/C30H34N2O3/c1-22-7-9-23(10-8-22)28-21-25-5-3-2-4-6-27(25)32(28)26-13-11-24(12-14-26)29(33)31-17-15-30(16-18-31)34-19-20-35-30/h7-14,21H,2-6,15-20H2,1H3. The number of likely N-dealkylation sites (tertiary alicyclic amines) is 1. The molecule has 3 aromatic rings. The van der Waals surface area contributed by atoms with E-state index in [1.807, 2.05) is 17.0 Å². The highest BCUT2D eigenvalue weighted by molar-refractivity contribution is 5.94. The first kappa shape index (κ1) is 22.6. The maximum absolute atomic E-state index is 13.2. The Morgan fingerprint density at radius 3 is 2.26 bits per heavy atom. The first-order valence-corrected chi connectivity index (χ1v) is 13.1. The molecule has 0 radical (unpaired) electrons. The molecule has 0 N–H and O–H groups in total. The Bertz CT molecular complexity index is 1190. The third-order valence-electron chi connectivity index (χ3n) is 7.90. The van der Waals surface area contributed by atoms with E-state index in [1.54, 1.807) is 0 Å². The van der Waals surface area contributed by atoms with Gasteiger partial charge in [-0.3, -0.25) is 4.79 Å². The van der Waals surface area contributed by atoms with Crippen molar-refractivity contribution in [1.29, 1.82) is 0 Å². The molecular weight excluding hydrogens is 436 g/mol. The Morgan fingerprint density at radius 2 is 1.54 bits per heavy atom. The van der Waals surface area contributed by atoms with Crippen molar-refractivity contribution < 1.29 is 14.3 Å². The summed E-state index contributed by atoms with van der Waals surface area (Å²) in [5, 5.41) is 0. The molecular formula is C30H34N2O3. The van der Waals surface area contributed by atoms with Gasteiger partial charge in [0.2, 0.25) is 0 Å². The van der Waals surface area contributed by atoms with Gasteiger partial charge in [-0.15, -0.1) is 0 Å². The van der Waals surface area contributed by atoms with Gasteiger partial charge in [-0.05, 0) is 74.1 Å². The van der Waals surface area contributed by atoms with Crippen molar-refractivity contribution in [3.05, 3.63) is 77.0 Å². The number of nitrogens with zero attached hydrogens (tertiary/aromatic N) is 2. The van der Waals surface area contributed by atoms with E-state index in [2.05, 4.69) is 54.0 Å². The van der Waals surface area contributed by atoms with Gasteiger partial charge in [0.1, 0.15) is 0 Å². The number of carbonyl (C=O) groups is 1. The molecule has 0 saturated carbocycles. The Hall–Kier alpha value is -2.89. The summed E-state index contributed by atoms with van der Waals surface area (Å²) in [6, 6.07) is 19.4. The van der Waals surface area contributed by atoms with E-state index in [-0.39, 0.29) is 5.91 Å². The quantitative estimate of drug-likeness (QED) is 0.461. The second-order valence-electron chi connectivity index (χ2n) is 10.2. The monoisotopic (exact) mass is 470 g/mol. The second kappa shape index (κ2) is 9.29. The van der Waals surface area contributed by atoms with Gasteiger partial charge in [-0.1, -0.05) is 36.2 Å². The van der Waals surface area contributed by atoms with Crippen LogP contribution in [0.1, 0.15) is 59.3 Å². The zero-order valence-electron chi connectivity index (χ0n) is 20.6. The van der Waals surface area contributed by atoms with Gasteiger partial charge in [-0.25, -0.2) is 0 Å². The van der Waals surface area contributed by atoms with Crippen molar-refractivity contribution in [1.82, 2.24) is 9.47 Å². The van der Waals surface area contributed by atoms with E-state index in [1.165, 1.54) is 47.3 Å². The van der Waals surface area contributed by atoms with Crippen molar-refractivity contribution in [3.63, 3.8) is 0 Å². The largest absolute Gasteiger partial charge is 0.347 e. The van der Waals surface area contributed by atoms with Crippen LogP contribution in [-0.4, -0.2) is 47.5 Å². The Labute approximate surface area is 207 Å². The number of aromatic nitrogens is 1. The first-order chi connectivity index (χ1) is 17.1. The summed E-state index contributed by atoms with van der Waals surface area (Å²) in [6.07, 6.45) is 7.49. The lowest BCUT2D eigenvalue weighted by Crippen LogP contribution is -2.47. The molecule has 1 amide bonds. The molecule has 1 aromatic heterocycles. The van der Waals surface area contributed by atoms with Gasteiger partial charge in [0.25, 0.3) is 5.91 Å². The Kier molecular flexibility index (Phi) is 5.99. The molecule has 3 aliphatic rings. The molecule has 35 heavy (non-hydrogen) atoms. The average Bonchev–Trinajstić information content (AvgIpc) is 3.42. The van der Waals surface area contributed by atoms with Gasteiger partial charge < -0.3 is 18.9 Å². The summed E-state index contributed by atoms with van der Waals surface area (Å²) in [7, 11) is 0. The molecule has 182 valence electrons. The highest BCUT2D eigenvalue weighted by Gasteiger charge is 2.40. The van der Waals surface area contributed by atoms with E-state index in [0.29, 0.717) is 26.3 Å². The normalized spacial score (nSPS) is 19.5. The number of aryl methyl sites for hydroxylation is 2. The van der Waals surface area contributed by atoms with Crippen molar-refractivity contribution >= 4 is 5.91 Å². The zero-order chi connectivity index (χ0) is 23.8. The molecule has 5 heteroatoms. The summed E-state index contributed by atoms with van der Waals surface area (Å²) in [4.78, 5) is 15.2. The Morgan fingerprint density at radius 1 is 0.857 bits per heavy atom. The fourth-order valence-corrected chi connectivity index (χ4v) is 5.88. The minimum atomic E-state index is -0.459. The van der Waals surface area contributed by atoms with Crippen molar-refractivity contribution in [3.8, 4) is 16.9 Å². The number of ether oxygens (including phenoxy) is 2. The fourth-order valence-electron chi connectivity index (χ4n) is 5.88. The van der Waals surface area contributed by atoms with Gasteiger partial charge in [0.15, 0.2) is 5.79 Å². The molecule has 5 nitrogen and oxygen atoms in total. The minimum absolute atomic E-state index is 0.0921. The van der Waals surface area contributed by atoms with Crippen LogP contribution in [0.3, 0.4) is 0 Å². The molecule has 6 rings (SSSR count). The molecule has 1 spiro atoms. The van der Waals surface area contributed by atoms with Gasteiger partial charge >= 0.3 is 0 Å². The van der Waals surface area contributed by atoms with E-state index < -0.39 is 5.79 Å². The van der Waals surface area contributed by atoms with Crippen LogP contribution < -0.4 is 0 Å². The minimum Gasteiger partial charge on any atom is -0.347 e. The van der Waals surface area contributed by atoms with Crippen LogP contribution in [0.5, 0.6) is 0 Å². The molecule has 0 unspecified atom stereocenters. The number of carbonyl (C=O) groups excluding carboxylic acids is 1. The lowest BCUT2D eigenvalue weighted by molar-refractivity contribution is -0.181. The maximum atomic E-state index is 13.2. The highest BCUT2D eigenvalue weighted by atomic mass is 16.7. The first-order valence-electron chi connectivity index (χ1n) is 13.1. The number of amides is 1. The van der Waals surface area contributed by atoms with Crippen LogP contribution >= 0.6 is 0 Å². The molecule has 1 aliphatic carbocycles. The Balaban J connectivity index is 1.28. The van der Waals surface area contributed by atoms with Crippen molar-refractivity contribution in [2.45, 2.75) is 57.7 Å². The molecule has 2 aromatic carbocycles. The highest BCUT2D eigenvalue weighted by Crippen LogP contribution is 2.34. The van der Waals surface area contributed by atoms with E-state index in [4.69, 9.17) is 9.47 Å². The number of piperidine rings is 1. The lowest BCUT2D eigenvalue weighted by atomic mass is 10.0. The molecule has 2 fully saturated rings.